The molecule has 0 amide bonds. The third kappa shape index (κ3) is 5.18. The van der Waals surface area contributed by atoms with Crippen LogP contribution in [0.25, 0.3) is 0 Å². The van der Waals surface area contributed by atoms with Crippen molar-refractivity contribution in [3.63, 3.8) is 0 Å². The van der Waals surface area contributed by atoms with Crippen molar-refractivity contribution >= 4 is 17.7 Å². The standard InChI is InChI=1S/C21H26N2OS/c1-17(22-25-15-14-23-12-5-6-13-23)19-10-7-11-20(16-19)21(24)18-8-3-2-4-9-18/h2-4,7-11,16-17,22H,5-6,12-15H2,1H3/t17-/m1/s1. The average molecular weight is 355 g/mol. The lowest BCUT2D eigenvalue weighted by atomic mass is 9.99. The number of nitrogens with one attached hydrogen (secondary N) is 1. The van der Waals surface area contributed by atoms with E-state index in [0.717, 1.165) is 29.0 Å². The van der Waals surface area contributed by atoms with E-state index in [4.69, 9.17) is 0 Å². The minimum absolute atomic E-state index is 0.0799. The Morgan fingerprint density at radius 2 is 1.80 bits per heavy atom. The normalized spacial score (nSPS) is 16.0. The van der Waals surface area contributed by atoms with E-state index >= 15 is 0 Å². The summed E-state index contributed by atoms with van der Waals surface area (Å²) in [5.41, 5.74) is 2.63. The largest absolute Gasteiger partial charge is 0.302 e. The van der Waals surface area contributed by atoms with Gasteiger partial charge < -0.3 is 4.90 Å². The lowest BCUT2D eigenvalue weighted by Crippen LogP contribution is -2.23. The number of carbonyl (C=O) groups is 1. The highest BCUT2D eigenvalue weighted by Gasteiger charge is 2.13. The number of benzene rings is 2. The first kappa shape index (κ1) is 18.2. The first-order chi connectivity index (χ1) is 12.2. The Morgan fingerprint density at radius 1 is 1.08 bits per heavy atom. The van der Waals surface area contributed by atoms with Crippen LogP contribution in [0.5, 0.6) is 0 Å². The molecule has 2 aromatic carbocycles. The molecule has 2 aromatic rings. The minimum atomic E-state index is 0.0799. The molecule has 1 heterocycles. The summed E-state index contributed by atoms with van der Waals surface area (Å²) in [5, 5.41) is 0. The quantitative estimate of drug-likeness (QED) is 0.435. The molecule has 3 rings (SSSR count). The van der Waals surface area contributed by atoms with Crippen LogP contribution in [0.15, 0.2) is 54.6 Å². The second-order valence-electron chi connectivity index (χ2n) is 6.56. The van der Waals surface area contributed by atoms with Crippen LogP contribution < -0.4 is 4.72 Å². The second kappa shape index (κ2) is 9.18. The van der Waals surface area contributed by atoms with Crippen molar-refractivity contribution in [1.82, 2.24) is 9.62 Å². The number of carbonyl (C=O) groups excluding carboxylic acids is 1. The molecule has 1 saturated heterocycles. The number of hydrogen-bond donors (Lipinski definition) is 1. The van der Waals surface area contributed by atoms with Gasteiger partial charge >= 0.3 is 0 Å². The van der Waals surface area contributed by atoms with E-state index in [1.165, 1.54) is 25.9 Å². The van der Waals surface area contributed by atoms with E-state index < -0.39 is 0 Å². The van der Waals surface area contributed by atoms with Gasteiger partial charge in [-0.05, 0) is 44.5 Å². The van der Waals surface area contributed by atoms with Gasteiger partial charge in [0.1, 0.15) is 0 Å². The maximum absolute atomic E-state index is 12.6. The van der Waals surface area contributed by atoms with E-state index in [9.17, 15) is 4.79 Å². The van der Waals surface area contributed by atoms with Crippen LogP contribution in [-0.4, -0.2) is 36.1 Å². The molecule has 0 spiro atoms. The summed E-state index contributed by atoms with van der Waals surface area (Å²) in [7, 11) is 0. The van der Waals surface area contributed by atoms with Gasteiger partial charge in [-0.1, -0.05) is 60.5 Å². The number of nitrogens with zero attached hydrogens (tertiary/aromatic N) is 1. The maximum atomic E-state index is 12.6. The number of hydrogen-bond acceptors (Lipinski definition) is 4. The van der Waals surface area contributed by atoms with Crippen LogP contribution >= 0.6 is 11.9 Å². The highest BCUT2D eigenvalue weighted by Crippen LogP contribution is 2.19. The summed E-state index contributed by atoms with van der Waals surface area (Å²) in [6.45, 7) is 5.80. The van der Waals surface area contributed by atoms with Crippen LogP contribution in [0.1, 0.15) is 47.3 Å². The van der Waals surface area contributed by atoms with Crippen LogP contribution in [-0.2, 0) is 0 Å². The third-order valence-electron chi connectivity index (χ3n) is 4.65. The zero-order chi connectivity index (χ0) is 17.5. The molecule has 1 atom stereocenters. The molecular weight excluding hydrogens is 328 g/mol. The fourth-order valence-electron chi connectivity index (χ4n) is 3.14. The molecule has 1 aliphatic heterocycles. The fraction of sp³-hybridized carbons (Fsp3) is 0.381. The first-order valence-corrected chi connectivity index (χ1v) is 10.0. The van der Waals surface area contributed by atoms with Crippen LogP contribution in [0.2, 0.25) is 0 Å². The number of ketones is 1. The van der Waals surface area contributed by atoms with Crippen LogP contribution in [0.4, 0.5) is 0 Å². The van der Waals surface area contributed by atoms with Gasteiger partial charge in [0.2, 0.25) is 0 Å². The van der Waals surface area contributed by atoms with E-state index in [2.05, 4.69) is 22.6 Å². The zero-order valence-corrected chi connectivity index (χ0v) is 15.6. The molecule has 132 valence electrons. The SMILES string of the molecule is C[C@@H](NSCCN1CCCC1)c1cccc(C(=O)c2ccccc2)c1. The Balaban J connectivity index is 1.54. The molecule has 1 aliphatic rings. The molecule has 0 aromatic heterocycles. The fourth-order valence-corrected chi connectivity index (χ4v) is 3.99. The summed E-state index contributed by atoms with van der Waals surface area (Å²) in [5.74, 6) is 1.17. The van der Waals surface area contributed by atoms with Gasteiger partial charge in [-0.2, -0.15) is 0 Å². The summed E-state index contributed by atoms with van der Waals surface area (Å²) in [4.78, 5) is 15.1. The first-order valence-electron chi connectivity index (χ1n) is 9.03. The van der Waals surface area contributed by atoms with Crippen LogP contribution in [0.3, 0.4) is 0 Å². The highest BCUT2D eigenvalue weighted by molar-refractivity contribution is 7.97. The van der Waals surface area contributed by atoms with E-state index in [1.54, 1.807) is 11.9 Å². The Morgan fingerprint density at radius 3 is 2.56 bits per heavy atom. The molecule has 1 fully saturated rings. The Bertz CT molecular complexity index is 683. The Kier molecular flexibility index (Phi) is 6.68. The smallest absolute Gasteiger partial charge is 0.193 e. The predicted octanol–water partition coefficient (Wildman–Crippen LogP) is 4.31. The van der Waals surface area contributed by atoms with Gasteiger partial charge in [0.05, 0.1) is 0 Å². The monoisotopic (exact) mass is 354 g/mol. The summed E-state index contributed by atoms with van der Waals surface area (Å²) in [6.07, 6.45) is 2.69. The van der Waals surface area contributed by atoms with Gasteiger partial charge in [-0.25, -0.2) is 0 Å². The van der Waals surface area contributed by atoms with Gasteiger partial charge in [0.15, 0.2) is 5.78 Å². The molecule has 0 saturated carbocycles. The molecule has 0 unspecified atom stereocenters. The predicted molar refractivity (Wildman–Crippen MR) is 106 cm³/mol. The summed E-state index contributed by atoms with van der Waals surface area (Å²) >= 11 is 1.78. The topological polar surface area (TPSA) is 32.3 Å². The second-order valence-corrected chi connectivity index (χ2v) is 7.49. The van der Waals surface area contributed by atoms with Crippen molar-refractivity contribution < 1.29 is 4.79 Å². The number of rotatable bonds is 8. The number of likely N-dealkylation sites (tertiary alicyclic amines) is 1. The summed E-state index contributed by atoms with van der Waals surface area (Å²) in [6, 6.07) is 17.6. The van der Waals surface area contributed by atoms with E-state index in [0.29, 0.717) is 0 Å². The van der Waals surface area contributed by atoms with Crippen molar-refractivity contribution in [1.29, 1.82) is 0 Å². The molecule has 0 bridgehead atoms. The van der Waals surface area contributed by atoms with Crippen molar-refractivity contribution in [3.8, 4) is 0 Å². The lowest BCUT2D eigenvalue weighted by molar-refractivity contribution is 0.103. The molecular formula is C21H26N2OS. The Hall–Kier alpha value is -1.62. The lowest BCUT2D eigenvalue weighted by Gasteiger charge is -2.17. The summed E-state index contributed by atoms with van der Waals surface area (Å²) < 4.78 is 3.51. The molecule has 25 heavy (non-hydrogen) atoms. The minimum Gasteiger partial charge on any atom is -0.302 e. The van der Waals surface area contributed by atoms with Gasteiger partial charge in [0, 0.05) is 29.5 Å². The third-order valence-corrected chi connectivity index (χ3v) is 5.56. The van der Waals surface area contributed by atoms with Gasteiger partial charge in [0.25, 0.3) is 0 Å². The van der Waals surface area contributed by atoms with E-state index in [1.807, 2.05) is 48.5 Å². The molecule has 3 nitrogen and oxygen atoms in total. The van der Waals surface area contributed by atoms with Crippen molar-refractivity contribution in [3.05, 3.63) is 71.3 Å². The molecule has 4 heteroatoms. The van der Waals surface area contributed by atoms with Crippen molar-refractivity contribution in [2.75, 3.05) is 25.4 Å². The van der Waals surface area contributed by atoms with Crippen molar-refractivity contribution in [2.24, 2.45) is 0 Å². The van der Waals surface area contributed by atoms with Gasteiger partial charge in [-0.3, -0.25) is 9.52 Å². The van der Waals surface area contributed by atoms with Crippen LogP contribution in [0, 0.1) is 0 Å². The Labute approximate surface area is 154 Å². The highest BCUT2D eigenvalue weighted by atomic mass is 32.2. The molecule has 0 radical (unpaired) electrons. The maximum Gasteiger partial charge on any atom is 0.193 e. The molecule has 0 aliphatic carbocycles. The van der Waals surface area contributed by atoms with Gasteiger partial charge in [-0.15, -0.1) is 0 Å². The average Bonchev–Trinajstić information content (AvgIpc) is 3.19. The van der Waals surface area contributed by atoms with E-state index in [-0.39, 0.29) is 11.8 Å². The van der Waals surface area contributed by atoms with Crippen molar-refractivity contribution in [2.45, 2.75) is 25.8 Å². The molecule has 1 N–H and O–H groups in total. The zero-order valence-electron chi connectivity index (χ0n) is 14.8.